The molecule has 2 rings (SSSR count). The highest BCUT2D eigenvalue weighted by molar-refractivity contribution is 6.30. The first-order valence-corrected chi connectivity index (χ1v) is 9.03. The van der Waals surface area contributed by atoms with E-state index in [9.17, 15) is 9.18 Å². The lowest BCUT2D eigenvalue weighted by atomic mass is 9.87. The molecule has 1 aromatic rings. The highest BCUT2D eigenvalue weighted by Crippen LogP contribution is 2.27. The van der Waals surface area contributed by atoms with E-state index in [0.29, 0.717) is 0 Å². The first kappa shape index (κ1) is 22.2. The Morgan fingerprint density at radius 2 is 2.08 bits per heavy atom. The Kier molecular flexibility index (Phi) is 8.17. The number of halogens is 3. The second-order valence-electron chi connectivity index (χ2n) is 7.52. The van der Waals surface area contributed by atoms with Gasteiger partial charge in [0.25, 0.3) is 0 Å². The summed E-state index contributed by atoms with van der Waals surface area (Å²) >= 11 is 5.90. The summed E-state index contributed by atoms with van der Waals surface area (Å²) in [5.41, 5.74) is 1.58. The van der Waals surface area contributed by atoms with Crippen LogP contribution >= 0.6 is 24.0 Å². The minimum atomic E-state index is -0.491. The van der Waals surface area contributed by atoms with Crippen LogP contribution in [0.25, 0.3) is 0 Å². The van der Waals surface area contributed by atoms with Crippen molar-refractivity contribution in [2.45, 2.75) is 77.5 Å². The van der Waals surface area contributed by atoms with E-state index in [0.717, 1.165) is 43.2 Å². The summed E-state index contributed by atoms with van der Waals surface area (Å²) in [5, 5.41) is 3.60. The molecule has 0 fully saturated rings. The van der Waals surface area contributed by atoms with E-state index in [2.05, 4.69) is 12.2 Å². The van der Waals surface area contributed by atoms with Gasteiger partial charge < -0.3 is 10.1 Å². The number of nitrogens with one attached hydrogen (secondary N) is 1. The molecule has 142 valence electrons. The maximum Gasteiger partial charge on any atom is 0.323 e. The second kappa shape index (κ2) is 9.20. The molecule has 0 amide bonds. The van der Waals surface area contributed by atoms with Gasteiger partial charge in [0.1, 0.15) is 17.5 Å². The summed E-state index contributed by atoms with van der Waals surface area (Å²) in [5.74, 6) is -0.563. The molecule has 0 radical (unpaired) electrons. The maximum absolute atomic E-state index is 13.6. The highest BCUT2D eigenvalue weighted by Gasteiger charge is 2.28. The molecule has 0 heterocycles. The summed E-state index contributed by atoms with van der Waals surface area (Å²) < 4.78 is 19.1. The Balaban J connectivity index is 0.00000312. The Morgan fingerprint density at radius 3 is 2.68 bits per heavy atom. The SMILES string of the molecule is CCC[C@H](N[C@H]1CCc2cc(F)c(Cl)cc2C1)C(=O)OC(C)(C)C.Cl. The molecule has 2 atom stereocenters. The van der Waals surface area contributed by atoms with Crippen molar-refractivity contribution < 1.29 is 13.9 Å². The zero-order chi connectivity index (χ0) is 17.9. The number of aryl methyl sites for hydroxylation is 1. The molecule has 1 N–H and O–H groups in total. The van der Waals surface area contributed by atoms with Gasteiger partial charge in [0.15, 0.2) is 0 Å². The van der Waals surface area contributed by atoms with Crippen LogP contribution in [0.15, 0.2) is 12.1 Å². The first-order chi connectivity index (χ1) is 11.2. The lowest BCUT2D eigenvalue weighted by Gasteiger charge is -2.31. The number of hydrogen-bond acceptors (Lipinski definition) is 3. The van der Waals surface area contributed by atoms with E-state index in [1.807, 2.05) is 20.8 Å². The topological polar surface area (TPSA) is 38.3 Å². The molecule has 0 aliphatic heterocycles. The van der Waals surface area contributed by atoms with Crippen molar-refractivity contribution in [3.05, 3.63) is 34.1 Å². The summed E-state index contributed by atoms with van der Waals surface area (Å²) in [4.78, 5) is 12.4. The van der Waals surface area contributed by atoms with E-state index in [1.54, 1.807) is 6.07 Å². The summed E-state index contributed by atoms with van der Waals surface area (Å²) in [7, 11) is 0. The third kappa shape index (κ3) is 6.43. The highest BCUT2D eigenvalue weighted by atomic mass is 35.5. The van der Waals surface area contributed by atoms with Gasteiger partial charge in [-0.2, -0.15) is 0 Å². The van der Waals surface area contributed by atoms with Gasteiger partial charge in [0.05, 0.1) is 5.02 Å². The van der Waals surface area contributed by atoms with E-state index >= 15 is 0 Å². The summed E-state index contributed by atoms with van der Waals surface area (Å²) in [6, 6.07) is 3.10. The van der Waals surface area contributed by atoms with Gasteiger partial charge in [-0.15, -0.1) is 12.4 Å². The number of fused-ring (bicyclic) bond motifs is 1. The van der Waals surface area contributed by atoms with E-state index in [4.69, 9.17) is 16.3 Å². The lowest BCUT2D eigenvalue weighted by Crippen LogP contribution is -2.47. The maximum atomic E-state index is 13.6. The van der Waals surface area contributed by atoms with Crippen LogP contribution < -0.4 is 5.32 Å². The fourth-order valence-corrected chi connectivity index (χ4v) is 3.29. The van der Waals surface area contributed by atoms with Crippen molar-refractivity contribution in [3.8, 4) is 0 Å². The van der Waals surface area contributed by atoms with Crippen molar-refractivity contribution in [2.24, 2.45) is 0 Å². The van der Waals surface area contributed by atoms with Gasteiger partial charge in [-0.25, -0.2) is 4.39 Å². The van der Waals surface area contributed by atoms with Gasteiger partial charge in [-0.3, -0.25) is 4.79 Å². The predicted octanol–water partition coefficient (Wildman–Crippen LogP) is 4.86. The minimum Gasteiger partial charge on any atom is -0.459 e. The van der Waals surface area contributed by atoms with Gasteiger partial charge >= 0.3 is 5.97 Å². The normalized spacial score (nSPS) is 18.1. The zero-order valence-corrected chi connectivity index (χ0v) is 16.9. The van der Waals surface area contributed by atoms with Crippen LogP contribution in [-0.2, 0) is 22.4 Å². The molecule has 0 spiro atoms. The molecule has 0 bridgehead atoms. The average Bonchev–Trinajstić information content (AvgIpc) is 2.46. The van der Waals surface area contributed by atoms with Crippen LogP contribution in [-0.4, -0.2) is 23.7 Å². The molecule has 1 aliphatic rings. The third-order valence-electron chi connectivity index (χ3n) is 4.18. The third-order valence-corrected chi connectivity index (χ3v) is 4.47. The molecule has 0 saturated carbocycles. The molecule has 3 nitrogen and oxygen atoms in total. The number of benzene rings is 1. The van der Waals surface area contributed by atoms with Gasteiger partial charge in [-0.1, -0.05) is 24.9 Å². The number of carbonyl (C=O) groups excluding carboxylic acids is 1. The Bertz CT molecular complexity index is 602. The lowest BCUT2D eigenvalue weighted by molar-refractivity contribution is -0.158. The molecule has 6 heteroatoms. The molecular weight excluding hydrogens is 364 g/mol. The van der Waals surface area contributed by atoms with Crippen molar-refractivity contribution in [3.63, 3.8) is 0 Å². The molecule has 0 unspecified atom stereocenters. The van der Waals surface area contributed by atoms with E-state index < -0.39 is 5.60 Å². The fraction of sp³-hybridized carbons (Fsp3) is 0.632. The number of hydrogen-bond donors (Lipinski definition) is 1. The fourth-order valence-electron chi connectivity index (χ4n) is 3.11. The van der Waals surface area contributed by atoms with Crippen LogP contribution in [0.5, 0.6) is 0 Å². The number of esters is 1. The van der Waals surface area contributed by atoms with Crippen molar-refractivity contribution in [1.29, 1.82) is 0 Å². The summed E-state index contributed by atoms with van der Waals surface area (Å²) in [6.45, 7) is 7.68. The van der Waals surface area contributed by atoms with E-state index in [1.165, 1.54) is 6.07 Å². The van der Waals surface area contributed by atoms with Crippen LogP contribution in [0.1, 0.15) is 58.1 Å². The quantitative estimate of drug-likeness (QED) is 0.728. The van der Waals surface area contributed by atoms with Crippen LogP contribution in [0.4, 0.5) is 4.39 Å². The van der Waals surface area contributed by atoms with Crippen molar-refractivity contribution in [1.82, 2.24) is 5.32 Å². The zero-order valence-electron chi connectivity index (χ0n) is 15.3. The monoisotopic (exact) mass is 391 g/mol. The standard InChI is InChI=1S/C19H27ClFNO2.ClH/c1-5-6-17(18(23)24-19(2,3)4)22-14-8-7-12-11-16(21)15(20)10-13(12)9-14;/h10-11,14,17,22H,5-9H2,1-4H3;1H/t14-,17-;/m0./s1. The van der Waals surface area contributed by atoms with Crippen molar-refractivity contribution in [2.75, 3.05) is 0 Å². The van der Waals surface area contributed by atoms with Gasteiger partial charge in [0, 0.05) is 6.04 Å². The predicted molar refractivity (Wildman–Crippen MR) is 102 cm³/mol. The largest absolute Gasteiger partial charge is 0.459 e. The first-order valence-electron chi connectivity index (χ1n) is 8.65. The Morgan fingerprint density at radius 1 is 1.40 bits per heavy atom. The van der Waals surface area contributed by atoms with Gasteiger partial charge in [0.2, 0.25) is 0 Å². The second-order valence-corrected chi connectivity index (χ2v) is 7.92. The van der Waals surface area contributed by atoms with Crippen LogP contribution in [0.2, 0.25) is 5.02 Å². The Labute approximate surface area is 161 Å². The summed E-state index contributed by atoms with van der Waals surface area (Å²) in [6.07, 6.45) is 4.05. The van der Waals surface area contributed by atoms with Crippen LogP contribution in [0, 0.1) is 5.82 Å². The molecule has 0 aromatic heterocycles. The molecule has 25 heavy (non-hydrogen) atoms. The van der Waals surface area contributed by atoms with Crippen LogP contribution in [0.3, 0.4) is 0 Å². The Hall–Kier alpha value is -0.840. The van der Waals surface area contributed by atoms with Gasteiger partial charge in [-0.05, 0) is 69.7 Å². The number of carbonyl (C=O) groups is 1. The number of ether oxygens (including phenoxy) is 1. The molecular formula is C19H28Cl2FNO2. The average molecular weight is 392 g/mol. The molecule has 1 aromatic carbocycles. The van der Waals surface area contributed by atoms with Crippen molar-refractivity contribution >= 4 is 30.0 Å². The van der Waals surface area contributed by atoms with E-state index in [-0.39, 0.29) is 41.3 Å². The smallest absolute Gasteiger partial charge is 0.323 e. The molecule has 1 aliphatic carbocycles. The molecule has 0 saturated heterocycles. The number of rotatable bonds is 5. The minimum absolute atomic E-state index is 0.